The molecule has 0 radical (unpaired) electrons. The first-order chi connectivity index (χ1) is 14.1. The molecular weight excluding hydrogens is 407 g/mol. The summed E-state index contributed by atoms with van der Waals surface area (Å²) in [6, 6.07) is 8.71. The summed E-state index contributed by atoms with van der Waals surface area (Å²) >= 11 is 0. The normalized spacial score (nSPS) is 10.2. The van der Waals surface area contributed by atoms with Crippen molar-refractivity contribution in [1.29, 1.82) is 0 Å². The number of nitrogens with two attached hydrogens (primary N) is 2. The van der Waals surface area contributed by atoms with Gasteiger partial charge in [0.15, 0.2) is 0 Å². The van der Waals surface area contributed by atoms with E-state index in [0.717, 1.165) is 22.5 Å². The molecule has 0 aliphatic rings. The van der Waals surface area contributed by atoms with E-state index >= 15 is 0 Å². The van der Waals surface area contributed by atoms with Gasteiger partial charge < -0.3 is 32.2 Å². The number of amides is 1. The minimum Gasteiger partial charge on any atom is -0.475 e. The number of H-pyrrole nitrogens is 1. The van der Waals surface area contributed by atoms with E-state index in [1.165, 1.54) is 7.05 Å². The Morgan fingerprint density at radius 2 is 1.67 bits per heavy atom. The molecule has 30 heavy (non-hydrogen) atoms. The van der Waals surface area contributed by atoms with Gasteiger partial charge in [0.1, 0.15) is 11.5 Å². The Morgan fingerprint density at radius 3 is 2.13 bits per heavy atom. The van der Waals surface area contributed by atoms with Gasteiger partial charge in [0.2, 0.25) is 11.9 Å². The van der Waals surface area contributed by atoms with Crippen LogP contribution in [0.2, 0.25) is 0 Å². The van der Waals surface area contributed by atoms with Crippen molar-refractivity contribution in [3.63, 3.8) is 0 Å². The van der Waals surface area contributed by atoms with Crippen molar-refractivity contribution in [3.8, 4) is 0 Å². The van der Waals surface area contributed by atoms with Crippen LogP contribution in [0.25, 0.3) is 11.0 Å². The van der Waals surface area contributed by atoms with Crippen LogP contribution in [0.1, 0.15) is 10.4 Å². The van der Waals surface area contributed by atoms with Crippen LogP contribution < -0.4 is 22.1 Å². The van der Waals surface area contributed by atoms with Gasteiger partial charge in [-0.3, -0.25) is 4.79 Å². The van der Waals surface area contributed by atoms with Crippen molar-refractivity contribution in [2.24, 2.45) is 11.5 Å². The number of aromatic amines is 1. The van der Waals surface area contributed by atoms with Gasteiger partial charge in [-0.15, -0.1) is 0 Å². The van der Waals surface area contributed by atoms with E-state index in [9.17, 15) is 18.0 Å². The molecule has 2 heterocycles. The molecule has 1 aromatic carbocycles. The topological polar surface area (TPSA) is 172 Å². The van der Waals surface area contributed by atoms with E-state index in [1.807, 2.05) is 12.3 Å². The van der Waals surface area contributed by atoms with Crippen molar-refractivity contribution in [3.05, 3.63) is 42.1 Å². The van der Waals surface area contributed by atoms with Gasteiger partial charge in [0.05, 0.1) is 5.39 Å². The van der Waals surface area contributed by atoms with E-state index in [4.69, 9.17) is 15.6 Å². The molecule has 0 unspecified atom stereocenters. The Kier molecular flexibility index (Phi) is 8.55. The zero-order chi connectivity index (χ0) is 22.9. The maximum atomic E-state index is 11.0. The smallest absolute Gasteiger partial charge is 0.475 e. The number of rotatable bonds is 4. The minimum atomic E-state index is -5.08. The van der Waals surface area contributed by atoms with Crippen molar-refractivity contribution in [2.75, 3.05) is 24.7 Å². The minimum absolute atomic E-state index is 0.455. The fourth-order valence-electron chi connectivity index (χ4n) is 2.03. The number of halogens is 3. The third kappa shape index (κ3) is 6.63. The van der Waals surface area contributed by atoms with Gasteiger partial charge in [0.25, 0.3) is 0 Å². The predicted molar refractivity (Wildman–Crippen MR) is 105 cm³/mol. The number of carboxylic acid groups (broad SMARTS) is 1. The molecule has 10 nitrogen and oxygen atoms in total. The first kappa shape index (κ1) is 24.2. The number of carbonyl (C=O) groups excluding carboxylic acids is 1. The monoisotopic (exact) mass is 427 g/mol. The lowest BCUT2D eigenvalue weighted by molar-refractivity contribution is -0.192. The Labute approximate surface area is 168 Å². The molecule has 8 N–H and O–H groups in total. The van der Waals surface area contributed by atoms with Gasteiger partial charge in [0, 0.05) is 24.5 Å². The first-order valence-corrected chi connectivity index (χ1v) is 8.19. The summed E-state index contributed by atoms with van der Waals surface area (Å²) in [6.45, 7) is 0. The number of nitrogens with zero attached hydrogens (tertiary/aromatic N) is 2. The second-order valence-corrected chi connectivity index (χ2v) is 5.26. The molecule has 0 aliphatic heterocycles. The van der Waals surface area contributed by atoms with Crippen LogP contribution >= 0.6 is 0 Å². The standard InChI is InChI=1S/C14H14N6O.C2HF3O2.CH5N/c1-16-12-10-6-7-17-13(10)20-14(19-12)18-9-4-2-8(3-5-9)11(15)21;3-2(4,5)1(6)7;1-2/h2-7H,1H3,(H2,15,21)(H3,16,17,18,19,20);(H,6,7);2H2,1H3. The summed E-state index contributed by atoms with van der Waals surface area (Å²) in [5.41, 5.74) is 11.7. The number of carboxylic acids is 1. The fourth-order valence-corrected chi connectivity index (χ4v) is 2.03. The summed E-state index contributed by atoms with van der Waals surface area (Å²) in [6.07, 6.45) is -3.27. The number of anilines is 3. The zero-order valence-electron chi connectivity index (χ0n) is 15.9. The summed E-state index contributed by atoms with van der Waals surface area (Å²) in [4.78, 5) is 31.8. The lowest BCUT2D eigenvalue weighted by atomic mass is 10.2. The third-order valence-electron chi connectivity index (χ3n) is 3.32. The Balaban J connectivity index is 0.000000428. The van der Waals surface area contributed by atoms with Crippen molar-refractivity contribution in [1.82, 2.24) is 15.0 Å². The maximum absolute atomic E-state index is 11.0. The fraction of sp³-hybridized carbons (Fsp3) is 0.176. The molecule has 0 saturated heterocycles. The molecule has 0 fully saturated rings. The number of primary amides is 1. The number of hydrogen-bond acceptors (Lipinski definition) is 7. The van der Waals surface area contributed by atoms with Gasteiger partial charge in [-0.1, -0.05) is 0 Å². The summed E-state index contributed by atoms with van der Waals surface area (Å²) in [7, 11) is 3.31. The SMILES string of the molecule is CN.CNc1nc(Nc2ccc(C(N)=O)cc2)nc2[nH]ccc12.O=C(O)C(F)(F)F. The first-order valence-electron chi connectivity index (χ1n) is 8.19. The molecule has 0 spiro atoms. The number of aliphatic carboxylic acids is 1. The van der Waals surface area contributed by atoms with Crippen LogP contribution in [0.4, 0.5) is 30.6 Å². The Bertz CT molecular complexity index is 988. The second-order valence-electron chi connectivity index (χ2n) is 5.26. The second kappa shape index (κ2) is 10.6. The highest BCUT2D eigenvalue weighted by molar-refractivity contribution is 5.93. The number of fused-ring (bicyclic) bond motifs is 1. The number of hydrogen-bond donors (Lipinski definition) is 6. The molecule has 3 aromatic rings. The van der Waals surface area contributed by atoms with E-state index in [1.54, 1.807) is 31.3 Å². The summed E-state index contributed by atoms with van der Waals surface area (Å²) in [5.74, 6) is -2.02. The lowest BCUT2D eigenvalue weighted by Gasteiger charge is -2.08. The molecule has 162 valence electrons. The number of aromatic nitrogens is 3. The molecule has 2 aromatic heterocycles. The Hall–Kier alpha value is -3.87. The molecule has 13 heteroatoms. The van der Waals surface area contributed by atoms with Crippen molar-refractivity contribution < 1.29 is 27.9 Å². The van der Waals surface area contributed by atoms with Crippen LogP contribution in [-0.2, 0) is 4.79 Å². The molecule has 1 amide bonds. The quantitative estimate of drug-likeness (QED) is 0.367. The van der Waals surface area contributed by atoms with Crippen LogP contribution in [0.3, 0.4) is 0 Å². The number of carbonyl (C=O) groups is 2. The lowest BCUT2D eigenvalue weighted by Crippen LogP contribution is -2.21. The van der Waals surface area contributed by atoms with Gasteiger partial charge >= 0.3 is 12.1 Å². The molecule has 0 atom stereocenters. The molecule has 3 rings (SSSR count). The highest BCUT2D eigenvalue weighted by atomic mass is 19.4. The molecule has 0 saturated carbocycles. The number of alkyl halides is 3. The van der Waals surface area contributed by atoms with Crippen LogP contribution in [0.5, 0.6) is 0 Å². The van der Waals surface area contributed by atoms with Crippen molar-refractivity contribution in [2.45, 2.75) is 6.18 Å². The van der Waals surface area contributed by atoms with Crippen molar-refractivity contribution >= 4 is 40.4 Å². The van der Waals surface area contributed by atoms with Gasteiger partial charge in [-0.25, -0.2) is 4.79 Å². The molecule has 0 bridgehead atoms. The maximum Gasteiger partial charge on any atom is 0.490 e. The van der Waals surface area contributed by atoms with Crippen LogP contribution in [-0.4, -0.2) is 52.2 Å². The van der Waals surface area contributed by atoms with Gasteiger partial charge in [-0.05, 0) is 37.4 Å². The summed E-state index contributed by atoms with van der Waals surface area (Å²) < 4.78 is 31.7. The van der Waals surface area contributed by atoms with Crippen LogP contribution in [0.15, 0.2) is 36.5 Å². The highest BCUT2D eigenvalue weighted by Gasteiger charge is 2.38. The van der Waals surface area contributed by atoms with E-state index in [0.29, 0.717) is 11.5 Å². The summed E-state index contributed by atoms with van der Waals surface area (Å²) in [5, 5.41) is 14.2. The zero-order valence-corrected chi connectivity index (χ0v) is 15.9. The van der Waals surface area contributed by atoms with Crippen LogP contribution in [0, 0.1) is 0 Å². The largest absolute Gasteiger partial charge is 0.490 e. The van der Waals surface area contributed by atoms with E-state index in [-0.39, 0.29) is 0 Å². The number of benzene rings is 1. The average Bonchev–Trinajstić information content (AvgIpc) is 3.17. The van der Waals surface area contributed by atoms with E-state index in [2.05, 4.69) is 31.3 Å². The predicted octanol–water partition coefficient (Wildman–Crippen LogP) is 2.05. The third-order valence-corrected chi connectivity index (χ3v) is 3.32. The van der Waals surface area contributed by atoms with Gasteiger partial charge in [-0.2, -0.15) is 23.1 Å². The number of nitrogens with one attached hydrogen (secondary N) is 3. The molecule has 0 aliphatic carbocycles. The van der Waals surface area contributed by atoms with E-state index < -0.39 is 18.1 Å². The Morgan fingerprint density at radius 1 is 1.10 bits per heavy atom. The average molecular weight is 427 g/mol. The molecular formula is C17H20F3N7O3. The highest BCUT2D eigenvalue weighted by Crippen LogP contribution is 2.22.